The lowest BCUT2D eigenvalue weighted by molar-refractivity contribution is -0.123. The van der Waals surface area contributed by atoms with Crippen molar-refractivity contribution in [2.24, 2.45) is 0 Å². The third-order valence-corrected chi connectivity index (χ3v) is 5.91. The van der Waals surface area contributed by atoms with Crippen molar-refractivity contribution < 1.29 is 17.9 Å². The van der Waals surface area contributed by atoms with Gasteiger partial charge in [0.15, 0.2) is 6.61 Å². The Kier molecular flexibility index (Phi) is 8.38. The smallest absolute Gasteiger partial charge is 0.257 e. The summed E-state index contributed by atoms with van der Waals surface area (Å²) in [5.74, 6) is 0.983. The molecule has 25 heavy (non-hydrogen) atoms. The lowest BCUT2D eigenvalue weighted by Gasteiger charge is -2.16. The van der Waals surface area contributed by atoms with Crippen molar-refractivity contribution in [1.29, 1.82) is 0 Å². The Bertz CT molecular complexity index is 672. The van der Waals surface area contributed by atoms with Gasteiger partial charge in [0, 0.05) is 20.1 Å². The lowest BCUT2D eigenvalue weighted by Crippen LogP contribution is -2.34. The number of nitrogens with one attached hydrogen (secondary N) is 1. The van der Waals surface area contributed by atoms with Crippen LogP contribution >= 0.6 is 0 Å². The molecule has 0 aromatic heterocycles. The number of nitrogens with zero attached hydrogens (tertiary/aromatic N) is 1. The molecule has 0 bridgehead atoms. The molecule has 0 spiro atoms. The van der Waals surface area contributed by atoms with Gasteiger partial charge in [0.1, 0.15) is 5.75 Å². The second-order valence-corrected chi connectivity index (χ2v) is 8.76. The van der Waals surface area contributed by atoms with E-state index >= 15 is 0 Å². The number of amides is 1. The van der Waals surface area contributed by atoms with E-state index in [1.165, 1.54) is 9.87 Å². The van der Waals surface area contributed by atoms with Gasteiger partial charge in [-0.15, -0.1) is 0 Å². The molecule has 0 unspecified atom stereocenters. The highest BCUT2D eigenvalue weighted by molar-refractivity contribution is 7.89. The van der Waals surface area contributed by atoms with E-state index in [1.807, 2.05) is 19.1 Å². The van der Waals surface area contributed by atoms with Crippen molar-refractivity contribution in [1.82, 2.24) is 9.62 Å². The first kappa shape index (κ1) is 21.4. The molecule has 7 heteroatoms. The van der Waals surface area contributed by atoms with Crippen LogP contribution in [0.4, 0.5) is 0 Å². The third kappa shape index (κ3) is 7.04. The SMILES string of the molecule is CCS(=O)(=O)N(C)CCCNC(=O)COc1cc(C(C)C)ccc1C. The average molecular weight is 371 g/mol. The van der Waals surface area contributed by atoms with Crippen LogP contribution in [0.2, 0.25) is 0 Å². The van der Waals surface area contributed by atoms with Gasteiger partial charge >= 0.3 is 0 Å². The number of hydrogen-bond acceptors (Lipinski definition) is 4. The molecular weight excluding hydrogens is 340 g/mol. The number of ether oxygens (including phenoxy) is 1. The summed E-state index contributed by atoms with van der Waals surface area (Å²) in [6.07, 6.45) is 0.559. The summed E-state index contributed by atoms with van der Waals surface area (Å²) in [4.78, 5) is 11.9. The molecule has 0 fully saturated rings. The predicted molar refractivity (Wildman–Crippen MR) is 100 cm³/mol. The van der Waals surface area contributed by atoms with E-state index in [2.05, 4.69) is 25.2 Å². The first-order valence-corrected chi connectivity index (χ1v) is 10.2. The number of carbonyl (C=O) groups is 1. The van der Waals surface area contributed by atoms with E-state index in [4.69, 9.17) is 4.74 Å². The maximum absolute atomic E-state index is 11.9. The lowest BCUT2D eigenvalue weighted by atomic mass is 10.0. The van der Waals surface area contributed by atoms with Crippen LogP contribution in [-0.2, 0) is 14.8 Å². The Morgan fingerprint density at radius 2 is 2.00 bits per heavy atom. The van der Waals surface area contributed by atoms with Crippen molar-refractivity contribution in [3.8, 4) is 5.75 Å². The van der Waals surface area contributed by atoms with Gasteiger partial charge < -0.3 is 10.1 Å². The van der Waals surface area contributed by atoms with Gasteiger partial charge in [-0.05, 0) is 43.4 Å². The Balaban J connectivity index is 2.38. The zero-order chi connectivity index (χ0) is 19.0. The third-order valence-electron chi connectivity index (χ3n) is 4.05. The Morgan fingerprint density at radius 1 is 1.32 bits per heavy atom. The minimum Gasteiger partial charge on any atom is -0.483 e. The summed E-state index contributed by atoms with van der Waals surface area (Å²) in [5.41, 5.74) is 2.16. The van der Waals surface area contributed by atoms with E-state index in [9.17, 15) is 13.2 Å². The van der Waals surface area contributed by atoms with Crippen molar-refractivity contribution in [3.05, 3.63) is 29.3 Å². The molecule has 0 radical (unpaired) electrons. The first-order valence-electron chi connectivity index (χ1n) is 8.61. The number of aryl methyl sites for hydroxylation is 1. The molecule has 142 valence electrons. The maximum Gasteiger partial charge on any atom is 0.257 e. The van der Waals surface area contributed by atoms with Crippen molar-refractivity contribution >= 4 is 15.9 Å². The van der Waals surface area contributed by atoms with E-state index in [0.717, 1.165) is 11.3 Å². The molecule has 1 rings (SSSR count). The summed E-state index contributed by atoms with van der Waals surface area (Å²) in [6, 6.07) is 6.03. The average Bonchev–Trinajstić information content (AvgIpc) is 2.57. The second kappa shape index (κ2) is 9.77. The Morgan fingerprint density at radius 3 is 2.60 bits per heavy atom. The standard InChI is InChI=1S/C18H30N2O4S/c1-6-25(22,23)20(5)11-7-10-19-18(21)13-24-17-12-16(14(2)3)9-8-15(17)4/h8-9,12,14H,6-7,10-11,13H2,1-5H3,(H,19,21). The molecule has 0 saturated carbocycles. The topological polar surface area (TPSA) is 75.7 Å². The number of sulfonamides is 1. The van der Waals surface area contributed by atoms with Gasteiger partial charge in [-0.25, -0.2) is 12.7 Å². The van der Waals surface area contributed by atoms with Crippen molar-refractivity contribution in [2.75, 3.05) is 32.5 Å². The van der Waals surface area contributed by atoms with E-state index in [-0.39, 0.29) is 18.3 Å². The zero-order valence-electron chi connectivity index (χ0n) is 15.8. The van der Waals surface area contributed by atoms with Crippen LogP contribution in [0.1, 0.15) is 44.2 Å². The molecule has 1 aromatic carbocycles. The molecule has 0 aliphatic carbocycles. The van der Waals surface area contributed by atoms with Gasteiger partial charge in [-0.3, -0.25) is 4.79 Å². The first-order chi connectivity index (χ1) is 11.7. The van der Waals surface area contributed by atoms with Crippen LogP contribution in [0.15, 0.2) is 18.2 Å². The number of hydrogen-bond donors (Lipinski definition) is 1. The number of benzene rings is 1. The van der Waals surface area contributed by atoms with E-state index < -0.39 is 10.0 Å². The Labute approximate surface area is 151 Å². The fourth-order valence-electron chi connectivity index (χ4n) is 2.21. The Hall–Kier alpha value is -1.60. The molecule has 6 nitrogen and oxygen atoms in total. The van der Waals surface area contributed by atoms with Gasteiger partial charge in [-0.2, -0.15) is 0 Å². The van der Waals surface area contributed by atoms with Crippen LogP contribution < -0.4 is 10.1 Å². The summed E-state index contributed by atoms with van der Waals surface area (Å²) in [5, 5.41) is 2.75. The molecule has 0 atom stereocenters. The number of carbonyl (C=O) groups excluding carboxylic acids is 1. The fourth-order valence-corrected chi connectivity index (χ4v) is 3.06. The monoisotopic (exact) mass is 370 g/mol. The summed E-state index contributed by atoms with van der Waals surface area (Å²) in [7, 11) is -1.62. The van der Waals surface area contributed by atoms with E-state index in [1.54, 1.807) is 14.0 Å². The molecule has 0 aliphatic rings. The van der Waals surface area contributed by atoms with Crippen molar-refractivity contribution in [2.45, 2.75) is 40.0 Å². The number of rotatable bonds is 10. The van der Waals surface area contributed by atoms with Gasteiger partial charge in [0.25, 0.3) is 5.91 Å². The second-order valence-electron chi connectivity index (χ2n) is 6.39. The van der Waals surface area contributed by atoms with Gasteiger partial charge in [0.2, 0.25) is 10.0 Å². The van der Waals surface area contributed by atoms with Crippen LogP contribution in [-0.4, -0.2) is 51.1 Å². The fraction of sp³-hybridized carbons (Fsp3) is 0.611. The highest BCUT2D eigenvalue weighted by atomic mass is 32.2. The van der Waals surface area contributed by atoms with Gasteiger partial charge in [0.05, 0.1) is 5.75 Å². The highest BCUT2D eigenvalue weighted by Crippen LogP contribution is 2.24. The highest BCUT2D eigenvalue weighted by Gasteiger charge is 2.14. The summed E-state index contributed by atoms with van der Waals surface area (Å²) in [6.45, 7) is 8.52. The maximum atomic E-state index is 11.9. The summed E-state index contributed by atoms with van der Waals surface area (Å²) >= 11 is 0. The molecule has 1 aromatic rings. The van der Waals surface area contributed by atoms with Crippen molar-refractivity contribution in [3.63, 3.8) is 0 Å². The molecule has 1 amide bonds. The molecular formula is C18H30N2O4S. The van der Waals surface area contributed by atoms with Crippen LogP contribution in [0.25, 0.3) is 0 Å². The van der Waals surface area contributed by atoms with Crippen LogP contribution in [0, 0.1) is 6.92 Å². The van der Waals surface area contributed by atoms with Gasteiger partial charge in [-0.1, -0.05) is 26.0 Å². The molecule has 0 aliphatic heterocycles. The van der Waals surface area contributed by atoms with Crippen LogP contribution in [0.5, 0.6) is 5.75 Å². The minimum absolute atomic E-state index is 0.0501. The predicted octanol–water partition coefficient (Wildman–Crippen LogP) is 2.29. The normalized spacial score (nSPS) is 11.8. The minimum atomic E-state index is -3.17. The summed E-state index contributed by atoms with van der Waals surface area (Å²) < 4.78 is 30.2. The van der Waals surface area contributed by atoms with Crippen LogP contribution in [0.3, 0.4) is 0 Å². The zero-order valence-corrected chi connectivity index (χ0v) is 16.6. The molecule has 0 saturated heterocycles. The van der Waals surface area contributed by atoms with E-state index in [0.29, 0.717) is 25.4 Å². The molecule has 0 heterocycles. The molecule has 1 N–H and O–H groups in total. The largest absolute Gasteiger partial charge is 0.483 e. The quantitative estimate of drug-likeness (QED) is 0.641.